The zero-order valence-corrected chi connectivity index (χ0v) is 13.9. The first-order valence-electron chi connectivity index (χ1n) is 7.52. The van der Waals surface area contributed by atoms with Gasteiger partial charge in [-0.1, -0.05) is 32.4 Å². The van der Waals surface area contributed by atoms with Crippen LogP contribution in [0.1, 0.15) is 38.8 Å². The number of carbonyl (C=O) groups is 1. The van der Waals surface area contributed by atoms with Gasteiger partial charge in [0, 0.05) is 24.8 Å². The lowest BCUT2D eigenvalue weighted by atomic mass is 10.1. The van der Waals surface area contributed by atoms with Crippen LogP contribution >= 0.6 is 11.6 Å². The van der Waals surface area contributed by atoms with E-state index in [2.05, 4.69) is 29.4 Å². The Bertz CT molecular complexity index is 530. The first-order chi connectivity index (χ1) is 9.93. The van der Waals surface area contributed by atoms with Crippen molar-refractivity contribution in [1.29, 1.82) is 0 Å². The number of amides is 1. The van der Waals surface area contributed by atoms with Gasteiger partial charge in [0.2, 0.25) is 5.91 Å². The van der Waals surface area contributed by atoms with Crippen molar-refractivity contribution in [1.82, 2.24) is 5.32 Å². The molecule has 0 saturated carbocycles. The van der Waals surface area contributed by atoms with Crippen LogP contribution in [0.25, 0.3) is 0 Å². The smallest absolute Gasteiger partial charge is 0.246 e. The van der Waals surface area contributed by atoms with Gasteiger partial charge in [-0.25, -0.2) is 0 Å². The molecular weight excluding hydrogens is 286 g/mol. The zero-order chi connectivity index (χ0) is 15.6. The minimum atomic E-state index is -0.294. The van der Waals surface area contributed by atoms with E-state index in [0.717, 1.165) is 36.4 Å². The van der Waals surface area contributed by atoms with Crippen molar-refractivity contribution in [2.45, 2.75) is 33.2 Å². The van der Waals surface area contributed by atoms with Crippen LogP contribution in [0.5, 0.6) is 0 Å². The molecule has 5 heteroatoms. The summed E-state index contributed by atoms with van der Waals surface area (Å²) in [5.74, 6) is 0.642. The largest absolute Gasteiger partial charge is 0.373 e. The highest BCUT2D eigenvalue weighted by molar-refractivity contribution is 6.33. The summed E-state index contributed by atoms with van der Waals surface area (Å²) in [5, 5.41) is 6.81. The van der Waals surface area contributed by atoms with Crippen LogP contribution < -0.4 is 15.5 Å². The Morgan fingerprint density at radius 2 is 2.14 bits per heavy atom. The second kappa shape index (κ2) is 6.67. The molecule has 1 atom stereocenters. The highest BCUT2D eigenvalue weighted by atomic mass is 35.5. The van der Waals surface area contributed by atoms with E-state index < -0.39 is 0 Å². The van der Waals surface area contributed by atoms with Gasteiger partial charge in [-0.3, -0.25) is 4.79 Å². The maximum absolute atomic E-state index is 12.0. The van der Waals surface area contributed by atoms with Gasteiger partial charge in [-0.15, -0.1) is 0 Å². The van der Waals surface area contributed by atoms with Gasteiger partial charge in [0.15, 0.2) is 0 Å². The number of rotatable bonds is 6. The highest BCUT2D eigenvalue weighted by Gasteiger charge is 2.31. The van der Waals surface area contributed by atoms with Crippen LogP contribution in [0.4, 0.5) is 11.4 Å². The Balaban J connectivity index is 2.24. The number of benzene rings is 1. The molecule has 1 unspecified atom stereocenters. The first kappa shape index (κ1) is 16.1. The third-order valence-electron chi connectivity index (χ3n) is 3.81. The minimum Gasteiger partial charge on any atom is -0.373 e. The number of nitrogens with one attached hydrogen (secondary N) is 2. The molecule has 0 aromatic heterocycles. The van der Waals surface area contributed by atoms with E-state index in [1.54, 1.807) is 0 Å². The Morgan fingerprint density at radius 1 is 1.43 bits per heavy atom. The molecule has 2 rings (SSSR count). The van der Waals surface area contributed by atoms with Gasteiger partial charge >= 0.3 is 0 Å². The van der Waals surface area contributed by atoms with E-state index in [0.29, 0.717) is 10.9 Å². The van der Waals surface area contributed by atoms with E-state index >= 15 is 0 Å². The lowest BCUT2D eigenvalue weighted by molar-refractivity contribution is -0.117. The average molecular weight is 310 g/mol. The molecule has 0 saturated heterocycles. The van der Waals surface area contributed by atoms with Crippen LogP contribution in [0.15, 0.2) is 12.1 Å². The Morgan fingerprint density at radius 3 is 2.76 bits per heavy atom. The normalized spacial score (nSPS) is 17.0. The predicted molar refractivity (Wildman–Crippen MR) is 89.2 cm³/mol. The third-order valence-corrected chi connectivity index (χ3v) is 4.11. The third kappa shape index (κ3) is 3.50. The molecule has 1 aliphatic heterocycles. The second-order valence-corrected chi connectivity index (χ2v) is 6.38. The molecule has 0 radical (unpaired) electrons. The van der Waals surface area contributed by atoms with Gasteiger partial charge < -0.3 is 15.5 Å². The molecule has 1 aromatic rings. The summed E-state index contributed by atoms with van der Waals surface area (Å²) >= 11 is 6.42. The van der Waals surface area contributed by atoms with Gasteiger partial charge in [-0.05, 0) is 31.0 Å². The van der Waals surface area contributed by atoms with Gasteiger partial charge in [0.25, 0.3) is 0 Å². The quantitative estimate of drug-likeness (QED) is 0.846. The zero-order valence-electron chi connectivity index (χ0n) is 13.2. The molecule has 0 aliphatic carbocycles. The van der Waals surface area contributed by atoms with Gasteiger partial charge in [-0.2, -0.15) is 0 Å². The molecule has 116 valence electrons. The fourth-order valence-electron chi connectivity index (χ4n) is 2.54. The molecule has 1 aliphatic rings. The van der Waals surface area contributed by atoms with Crippen LogP contribution in [0.3, 0.4) is 0 Å². The lowest BCUT2D eigenvalue weighted by Gasteiger charge is -2.22. The number of hydrogen-bond donors (Lipinski definition) is 2. The monoisotopic (exact) mass is 309 g/mol. The number of nitrogens with zero attached hydrogens (tertiary/aromatic N) is 1. The van der Waals surface area contributed by atoms with Crippen LogP contribution in [0.2, 0.25) is 5.02 Å². The van der Waals surface area contributed by atoms with E-state index in [1.807, 2.05) is 26.1 Å². The van der Waals surface area contributed by atoms with E-state index in [-0.39, 0.29) is 11.9 Å². The molecule has 0 spiro atoms. The van der Waals surface area contributed by atoms with Crippen LogP contribution in [0, 0.1) is 5.92 Å². The standard InChI is InChI=1S/C16H24ClN3O/c1-5-18-15-11-8-12(17)14(9-13(11)19-16(15)21)20(4)7-6-10(2)3/h8-10,15,18H,5-7H2,1-4H3,(H,19,21). The first-order valence-corrected chi connectivity index (χ1v) is 7.90. The molecule has 0 bridgehead atoms. The van der Waals surface area contributed by atoms with Crippen molar-refractivity contribution >= 4 is 28.9 Å². The van der Waals surface area contributed by atoms with Crippen molar-refractivity contribution < 1.29 is 4.79 Å². The fourth-order valence-corrected chi connectivity index (χ4v) is 2.86. The Labute approximate surface area is 131 Å². The number of likely N-dealkylation sites (N-methyl/N-ethyl adjacent to an activating group) is 1. The van der Waals surface area contributed by atoms with Crippen molar-refractivity contribution in [3.63, 3.8) is 0 Å². The fraction of sp³-hybridized carbons (Fsp3) is 0.562. The summed E-state index contributed by atoms with van der Waals surface area (Å²) in [6.07, 6.45) is 1.11. The molecule has 0 fully saturated rings. The number of hydrogen-bond acceptors (Lipinski definition) is 3. The number of halogens is 1. The van der Waals surface area contributed by atoms with E-state index in [4.69, 9.17) is 11.6 Å². The maximum Gasteiger partial charge on any atom is 0.246 e. The molecule has 2 N–H and O–H groups in total. The topological polar surface area (TPSA) is 44.4 Å². The van der Waals surface area contributed by atoms with Gasteiger partial charge in [0.1, 0.15) is 6.04 Å². The number of fused-ring (bicyclic) bond motifs is 1. The number of anilines is 2. The Kier molecular flexibility index (Phi) is 5.12. The van der Waals surface area contributed by atoms with Crippen molar-refractivity contribution in [3.05, 3.63) is 22.7 Å². The van der Waals surface area contributed by atoms with Crippen molar-refractivity contribution in [2.75, 3.05) is 30.4 Å². The molecular formula is C16H24ClN3O. The SMILES string of the molecule is CCNC1C(=O)Nc2cc(N(C)CCC(C)C)c(Cl)cc21. The maximum atomic E-state index is 12.0. The second-order valence-electron chi connectivity index (χ2n) is 5.97. The summed E-state index contributed by atoms with van der Waals surface area (Å²) in [6.45, 7) is 8.09. The summed E-state index contributed by atoms with van der Waals surface area (Å²) < 4.78 is 0. The van der Waals surface area contributed by atoms with Crippen LogP contribution in [-0.4, -0.2) is 26.0 Å². The summed E-state index contributed by atoms with van der Waals surface area (Å²) in [5.41, 5.74) is 2.77. The lowest BCUT2D eigenvalue weighted by Crippen LogP contribution is -2.27. The van der Waals surface area contributed by atoms with Gasteiger partial charge in [0.05, 0.1) is 10.7 Å². The van der Waals surface area contributed by atoms with E-state index in [1.165, 1.54) is 0 Å². The summed E-state index contributed by atoms with van der Waals surface area (Å²) in [6, 6.07) is 3.59. The molecule has 1 heterocycles. The molecule has 1 amide bonds. The average Bonchev–Trinajstić information content (AvgIpc) is 2.72. The van der Waals surface area contributed by atoms with E-state index in [9.17, 15) is 4.79 Å². The van der Waals surface area contributed by atoms with Crippen molar-refractivity contribution in [2.24, 2.45) is 5.92 Å². The summed E-state index contributed by atoms with van der Waals surface area (Å²) in [4.78, 5) is 14.1. The Hall–Kier alpha value is -1.26. The highest BCUT2D eigenvalue weighted by Crippen LogP contribution is 2.38. The number of carbonyl (C=O) groups excluding carboxylic acids is 1. The molecule has 21 heavy (non-hydrogen) atoms. The molecule has 4 nitrogen and oxygen atoms in total. The molecule has 1 aromatic carbocycles. The predicted octanol–water partition coefficient (Wildman–Crippen LogP) is 3.43. The minimum absolute atomic E-state index is 0.00935. The van der Waals surface area contributed by atoms with Crippen molar-refractivity contribution in [3.8, 4) is 0 Å². The van der Waals surface area contributed by atoms with Crippen LogP contribution in [-0.2, 0) is 4.79 Å². The summed E-state index contributed by atoms with van der Waals surface area (Å²) in [7, 11) is 2.04.